The van der Waals surface area contributed by atoms with Gasteiger partial charge >= 0.3 is 0 Å². The van der Waals surface area contributed by atoms with Gasteiger partial charge in [0.15, 0.2) is 5.65 Å². The standard InChI is InChI=1S/C15H18N6/c1-2-12-8-14(18-7-5-16)21-15(19-12)9-13(20-21)11-4-3-6-17-10-11/h3-4,6,8-10,18H,2,5,7,16H2,1H3. The van der Waals surface area contributed by atoms with E-state index < -0.39 is 0 Å². The molecule has 3 aromatic rings. The average Bonchev–Trinajstić information content (AvgIpc) is 2.97. The molecule has 6 nitrogen and oxygen atoms in total. The van der Waals surface area contributed by atoms with Gasteiger partial charge in [-0.2, -0.15) is 9.61 Å². The number of hydrogen-bond donors (Lipinski definition) is 2. The Hall–Kier alpha value is -2.47. The van der Waals surface area contributed by atoms with E-state index in [0.717, 1.165) is 34.8 Å². The van der Waals surface area contributed by atoms with Crippen LogP contribution in [0.25, 0.3) is 16.9 Å². The molecule has 0 aliphatic heterocycles. The van der Waals surface area contributed by atoms with Crippen LogP contribution in [0.3, 0.4) is 0 Å². The van der Waals surface area contributed by atoms with Gasteiger partial charge in [-0.15, -0.1) is 0 Å². The number of hydrogen-bond acceptors (Lipinski definition) is 5. The average molecular weight is 282 g/mol. The molecule has 0 aliphatic rings. The molecule has 0 spiro atoms. The van der Waals surface area contributed by atoms with Crippen LogP contribution in [-0.2, 0) is 6.42 Å². The fraction of sp³-hybridized carbons (Fsp3) is 0.267. The minimum absolute atomic E-state index is 0.571. The maximum atomic E-state index is 5.57. The lowest BCUT2D eigenvalue weighted by atomic mass is 10.2. The van der Waals surface area contributed by atoms with E-state index in [2.05, 4.69) is 27.3 Å². The quantitative estimate of drug-likeness (QED) is 0.744. The molecule has 0 radical (unpaired) electrons. The number of fused-ring (bicyclic) bond motifs is 1. The zero-order valence-corrected chi connectivity index (χ0v) is 12.0. The van der Waals surface area contributed by atoms with Crippen molar-refractivity contribution in [2.45, 2.75) is 13.3 Å². The molecule has 0 unspecified atom stereocenters. The van der Waals surface area contributed by atoms with Crippen LogP contribution in [-0.4, -0.2) is 32.7 Å². The summed E-state index contributed by atoms with van der Waals surface area (Å²) in [6, 6.07) is 7.88. The molecule has 0 amide bonds. The van der Waals surface area contributed by atoms with Gasteiger partial charge in [0.1, 0.15) is 5.82 Å². The zero-order chi connectivity index (χ0) is 14.7. The number of nitrogens with one attached hydrogen (secondary N) is 1. The first-order chi connectivity index (χ1) is 10.3. The van der Waals surface area contributed by atoms with Gasteiger partial charge in [-0.05, 0) is 18.6 Å². The summed E-state index contributed by atoms with van der Waals surface area (Å²) in [7, 11) is 0. The number of nitrogens with zero attached hydrogens (tertiary/aromatic N) is 4. The van der Waals surface area contributed by atoms with Crippen molar-refractivity contribution >= 4 is 11.5 Å². The van der Waals surface area contributed by atoms with E-state index in [4.69, 9.17) is 5.73 Å². The Balaban J connectivity index is 2.10. The zero-order valence-electron chi connectivity index (χ0n) is 12.0. The molecule has 0 fully saturated rings. The molecular formula is C15H18N6. The fourth-order valence-electron chi connectivity index (χ4n) is 2.19. The van der Waals surface area contributed by atoms with Gasteiger partial charge in [0.2, 0.25) is 0 Å². The second-order valence-corrected chi connectivity index (χ2v) is 4.74. The molecule has 0 aromatic carbocycles. The highest BCUT2D eigenvalue weighted by Gasteiger charge is 2.10. The van der Waals surface area contributed by atoms with Crippen molar-refractivity contribution < 1.29 is 0 Å². The number of pyridine rings is 1. The second-order valence-electron chi connectivity index (χ2n) is 4.74. The van der Waals surface area contributed by atoms with Crippen LogP contribution in [0.2, 0.25) is 0 Å². The summed E-state index contributed by atoms with van der Waals surface area (Å²) in [5.74, 6) is 0.914. The summed E-state index contributed by atoms with van der Waals surface area (Å²) < 4.78 is 1.82. The normalized spacial score (nSPS) is 11.0. The summed E-state index contributed by atoms with van der Waals surface area (Å²) >= 11 is 0. The van der Waals surface area contributed by atoms with Gasteiger partial charge in [0, 0.05) is 48.9 Å². The van der Waals surface area contributed by atoms with Crippen molar-refractivity contribution in [2.24, 2.45) is 5.73 Å². The summed E-state index contributed by atoms with van der Waals surface area (Å²) in [6.07, 6.45) is 4.43. The maximum absolute atomic E-state index is 5.57. The van der Waals surface area contributed by atoms with Crippen LogP contribution in [0.4, 0.5) is 5.82 Å². The van der Waals surface area contributed by atoms with Crippen LogP contribution in [0.1, 0.15) is 12.6 Å². The van der Waals surface area contributed by atoms with Gasteiger partial charge < -0.3 is 11.1 Å². The predicted molar refractivity (Wildman–Crippen MR) is 83.1 cm³/mol. The Morgan fingerprint density at radius 1 is 1.33 bits per heavy atom. The number of nitrogens with two attached hydrogens (primary N) is 1. The second kappa shape index (κ2) is 5.88. The van der Waals surface area contributed by atoms with Crippen molar-refractivity contribution in [3.63, 3.8) is 0 Å². The molecule has 108 valence electrons. The van der Waals surface area contributed by atoms with Crippen LogP contribution in [0.15, 0.2) is 36.7 Å². The molecule has 3 aromatic heterocycles. The molecule has 3 rings (SSSR count). The van der Waals surface area contributed by atoms with Crippen LogP contribution < -0.4 is 11.1 Å². The Kier molecular flexibility index (Phi) is 3.79. The Labute approximate surface area is 123 Å². The lowest BCUT2D eigenvalue weighted by Gasteiger charge is -2.08. The molecule has 3 heterocycles. The first-order valence-electron chi connectivity index (χ1n) is 7.06. The highest BCUT2D eigenvalue weighted by Crippen LogP contribution is 2.21. The predicted octanol–water partition coefficient (Wildman–Crippen LogP) is 1.72. The van der Waals surface area contributed by atoms with Crippen LogP contribution in [0.5, 0.6) is 0 Å². The fourth-order valence-corrected chi connectivity index (χ4v) is 2.19. The van der Waals surface area contributed by atoms with Crippen LogP contribution >= 0.6 is 0 Å². The van der Waals surface area contributed by atoms with E-state index in [9.17, 15) is 0 Å². The van der Waals surface area contributed by atoms with E-state index in [0.29, 0.717) is 13.1 Å². The summed E-state index contributed by atoms with van der Waals surface area (Å²) in [5.41, 5.74) is 9.26. The van der Waals surface area contributed by atoms with Gasteiger partial charge in [-0.25, -0.2) is 4.98 Å². The van der Waals surface area contributed by atoms with E-state index in [-0.39, 0.29) is 0 Å². The first-order valence-corrected chi connectivity index (χ1v) is 7.06. The number of aromatic nitrogens is 4. The highest BCUT2D eigenvalue weighted by molar-refractivity contribution is 5.65. The number of rotatable bonds is 5. The molecule has 21 heavy (non-hydrogen) atoms. The van der Waals surface area contributed by atoms with E-state index >= 15 is 0 Å². The van der Waals surface area contributed by atoms with Gasteiger partial charge in [-0.3, -0.25) is 4.98 Å². The largest absolute Gasteiger partial charge is 0.369 e. The molecule has 0 saturated heterocycles. The van der Waals surface area contributed by atoms with E-state index in [1.807, 2.05) is 28.8 Å². The number of aryl methyl sites for hydroxylation is 1. The van der Waals surface area contributed by atoms with Gasteiger partial charge in [0.25, 0.3) is 0 Å². The van der Waals surface area contributed by atoms with Crippen molar-refractivity contribution in [3.8, 4) is 11.3 Å². The summed E-state index contributed by atoms with van der Waals surface area (Å²) in [6.45, 7) is 3.36. The Bertz CT molecular complexity index is 735. The molecule has 3 N–H and O–H groups in total. The molecule has 0 aliphatic carbocycles. The summed E-state index contributed by atoms with van der Waals surface area (Å²) in [5, 5.41) is 7.92. The van der Waals surface area contributed by atoms with E-state index in [1.165, 1.54) is 0 Å². The van der Waals surface area contributed by atoms with Crippen LogP contribution in [0, 0.1) is 0 Å². The number of anilines is 1. The lowest BCUT2D eigenvalue weighted by Crippen LogP contribution is -2.16. The minimum Gasteiger partial charge on any atom is -0.369 e. The monoisotopic (exact) mass is 282 g/mol. The SMILES string of the molecule is CCc1cc(NCCN)n2nc(-c3cccnc3)cc2n1. The molecule has 0 saturated carbocycles. The molecule has 0 atom stereocenters. The molecular weight excluding hydrogens is 264 g/mol. The van der Waals surface area contributed by atoms with Gasteiger partial charge in [0.05, 0.1) is 5.69 Å². The Morgan fingerprint density at radius 3 is 2.95 bits per heavy atom. The van der Waals surface area contributed by atoms with Crippen molar-refractivity contribution in [3.05, 3.63) is 42.4 Å². The smallest absolute Gasteiger partial charge is 0.158 e. The molecule has 6 heteroatoms. The van der Waals surface area contributed by atoms with Gasteiger partial charge in [-0.1, -0.05) is 6.92 Å². The third kappa shape index (κ3) is 2.71. The summed E-state index contributed by atoms with van der Waals surface area (Å²) in [4.78, 5) is 8.75. The highest BCUT2D eigenvalue weighted by atomic mass is 15.3. The first kappa shape index (κ1) is 13.5. The maximum Gasteiger partial charge on any atom is 0.158 e. The van der Waals surface area contributed by atoms with Crippen molar-refractivity contribution in [2.75, 3.05) is 18.4 Å². The third-order valence-electron chi connectivity index (χ3n) is 3.25. The molecule has 0 bridgehead atoms. The minimum atomic E-state index is 0.571. The van der Waals surface area contributed by atoms with Crippen molar-refractivity contribution in [1.29, 1.82) is 0 Å². The third-order valence-corrected chi connectivity index (χ3v) is 3.25. The van der Waals surface area contributed by atoms with Crippen molar-refractivity contribution in [1.82, 2.24) is 19.6 Å². The Morgan fingerprint density at radius 2 is 2.24 bits per heavy atom. The lowest BCUT2D eigenvalue weighted by molar-refractivity contribution is 0.898. The van der Waals surface area contributed by atoms with E-state index in [1.54, 1.807) is 12.4 Å². The topological polar surface area (TPSA) is 81.1 Å².